The summed E-state index contributed by atoms with van der Waals surface area (Å²) in [7, 11) is -2.61. The maximum atomic E-state index is 12.9. The lowest BCUT2D eigenvalue weighted by molar-refractivity contribution is 0.102. The van der Waals surface area contributed by atoms with E-state index in [1.807, 2.05) is 44.2 Å². The molecule has 0 spiro atoms. The van der Waals surface area contributed by atoms with Gasteiger partial charge < -0.3 is 4.52 Å². The van der Waals surface area contributed by atoms with Crippen molar-refractivity contribution in [3.63, 3.8) is 0 Å². The number of aromatic nitrogens is 4. The molecule has 4 rings (SSSR count). The molecule has 1 N–H and O–H groups in total. The molecule has 2 aromatic heterocycles. The highest BCUT2D eigenvalue weighted by Gasteiger charge is 2.28. The zero-order chi connectivity index (χ0) is 23.6. The molecule has 0 saturated heterocycles. The van der Waals surface area contributed by atoms with Gasteiger partial charge in [0.15, 0.2) is 0 Å². The van der Waals surface area contributed by atoms with Crippen LogP contribution < -0.4 is 5.32 Å². The normalized spacial score (nSPS) is 11.6. The average molecular weight is 485 g/mol. The molecule has 0 bridgehead atoms. The Bertz CT molecular complexity index is 1410. The van der Waals surface area contributed by atoms with E-state index >= 15 is 0 Å². The molecule has 0 unspecified atom stereocenters. The number of benzene rings is 2. The molecular weight excluding hydrogens is 464 g/mol. The molecule has 0 aliphatic heterocycles. The van der Waals surface area contributed by atoms with Crippen LogP contribution in [0.1, 0.15) is 27.4 Å². The second-order valence-corrected chi connectivity index (χ2v) is 10.5. The van der Waals surface area contributed by atoms with Crippen molar-refractivity contribution in [3.05, 3.63) is 71.1 Å². The van der Waals surface area contributed by atoms with Gasteiger partial charge >= 0.3 is 0 Å². The molecule has 170 valence electrons. The van der Waals surface area contributed by atoms with Crippen molar-refractivity contribution in [1.29, 1.82) is 0 Å². The van der Waals surface area contributed by atoms with E-state index in [-0.39, 0.29) is 21.9 Å². The molecule has 0 radical (unpaired) electrons. The first-order chi connectivity index (χ1) is 15.7. The summed E-state index contributed by atoms with van der Waals surface area (Å²) >= 11 is 0.759. The lowest BCUT2D eigenvalue weighted by atomic mass is 10.1. The van der Waals surface area contributed by atoms with Crippen LogP contribution in [0.25, 0.3) is 11.4 Å². The monoisotopic (exact) mass is 484 g/mol. The smallest absolute Gasteiger partial charge is 0.272 e. The van der Waals surface area contributed by atoms with Crippen molar-refractivity contribution >= 4 is 32.4 Å². The SMILES string of the molecule is Cc1cccc(C(=O)Nc2nnc(S(=O)(=O)N(C)Cc3nc(-c4cccc(C)c4)no3)s2)c1. The van der Waals surface area contributed by atoms with Gasteiger partial charge in [-0.3, -0.25) is 10.1 Å². The second-order valence-electron chi connectivity index (χ2n) is 7.34. The molecule has 0 atom stereocenters. The van der Waals surface area contributed by atoms with Crippen LogP contribution in [0.2, 0.25) is 0 Å². The maximum absolute atomic E-state index is 12.9. The number of carbonyl (C=O) groups excluding carboxylic acids is 1. The minimum atomic E-state index is -3.99. The van der Waals surface area contributed by atoms with Gasteiger partial charge in [-0.25, -0.2) is 8.42 Å². The van der Waals surface area contributed by atoms with Crippen LogP contribution in [0.4, 0.5) is 5.13 Å². The van der Waals surface area contributed by atoms with Gasteiger partial charge in [0.1, 0.15) is 0 Å². The lowest BCUT2D eigenvalue weighted by Gasteiger charge is -2.11. The molecule has 4 aromatic rings. The molecule has 12 heteroatoms. The topological polar surface area (TPSA) is 131 Å². The third kappa shape index (κ3) is 5.13. The Morgan fingerprint density at radius 1 is 1.09 bits per heavy atom. The molecule has 1 amide bonds. The Morgan fingerprint density at radius 3 is 2.55 bits per heavy atom. The fourth-order valence-electron chi connectivity index (χ4n) is 2.95. The van der Waals surface area contributed by atoms with E-state index in [1.165, 1.54) is 7.05 Å². The number of rotatable bonds is 7. The van der Waals surface area contributed by atoms with Crippen LogP contribution in [0.15, 0.2) is 57.4 Å². The highest BCUT2D eigenvalue weighted by Crippen LogP contribution is 2.24. The zero-order valence-corrected chi connectivity index (χ0v) is 19.6. The van der Waals surface area contributed by atoms with Crippen LogP contribution in [0.3, 0.4) is 0 Å². The van der Waals surface area contributed by atoms with Crippen molar-refractivity contribution in [2.75, 3.05) is 12.4 Å². The summed E-state index contributed by atoms with van der Waals surface area (Å²) in [6.07, 6.45) is 0. The molecule has 0 aliphatic rings. The second kappa shape index (κ2) is 9.17. The van der Waals surface area contributed by atoms with E-state index < -0.39 is 15.9 Å². The molecule has 2 heterocycles. The number of carbonyl (C=O) groups is 1. The van der Waals surface area contributed by atoms with E-state index in [9.17, 15) is 13.2 Å². The highest BCUT2D eigenvalue weighted by atomic mass is 32.2. The lowest BCUT2D eigenvalue weighted by Crippen LogP contribution is -2.26. The minimum Gasteiger partial charge on any atom is -0.338 e. The van der Waals surface area contributed by atoms with E-state index in [0.29, 0.717) is 11.4 Å². The van der Waals surface area contributed by atoms with Crippen molar-refractivity contribution < 1.29 is 17.7 Å². The minimum absolute atomic E-state index is 0.0769. The van der Waals surface area contributed by atoms with Crippen molar-refractivity contribution in [3.8, 4) is 11.4 Å². The third-order valence-corrected chi connectivity index (χ3v) is 7.63. The van der Waals surface area contributed by atoms with E-state index in [4.69, 9.17) is 4.52 Å². The summed E-state index contributed by atoms with van der Waals surface area (Å²) in [5, 5.41) is 14.1. The van der Waals surface area contributed by atoms with E-state index in [0.717, 1.165) is 32.3 Å². The van der Waals surface area contributed by atoms with Crippen LogP contribution in [0.5, 0.6) is 0 Å². The van der Waals surface area contributed by atoms with Gasteiger partial charge in [0, 0.05) is 18.2 Å². The van der Waals surface area contributed by atoms with Crippen LogP contribution >= 0.6 is 11.3 Å². The Kier molecular flexibility index (Phi) is 6.31. The molecule has 0 saturated carbocycles. The Balaban J connectivity index is 1.45. The molecule has 0 fully saturated rings. The fourth-order valence-corrected chi connectivity index (χ4v) is 5.15. The number of nitrogens with zero attached hydrogens (tertiary/aromatic N) is 5. The average Bonchev–Trinajstić information content (AvgIpc) is 3.44. The van der Waals surface area contributed by atoms with Gasteiger partial charge in [0.2, 0.25) is 21.2 Å². The summed E-state index contributed by atoms with van der Waals surface area (Å²) in [4.78, 5) is 16.7. The summed E-state index contributed by atoms with van der Waals surface area (Å²) in [6.45, 7) is 3.67. The van der Waals surface area contributed by atoms with Crippen molar-refractivity contribution in [1.82, 2.24) is 24.6 Å². The summed E-state index contributed by atoms with van der Waals surface area (Å²) in [6, 6.07) is 14.6. The number of sulfonamides is 1. The highest BCUT2D eigenvalue weighted by molar-refractivity contribution is 7.91. The predicted molar refractivity (Wildman–Crippen MR) is 122 cm³/mol. The van der Waals surface area contributed by atoms with Crippen molar-refractivity contribution in [2.45, 2.75) is 24.7 Å². The Morgan fingerprint density at radius 2 is 1.82 bits per heavy atom. The quantitative estimate of drug-likeness (QED) is 0.395. The zero-order valence-electron chi connectivity index (χ0n) is 18.0. The summed E-state index contributed by atoms with van der Waals surface area (Å²) in [5.41, 5.74) is 3.18. The number of amides is 1. The van der Waals surface area contributed by atoms with Gasteiger partial charge in [0.25, 0.3) is 15.9 Å². The standard InChI is InChI=1S/C21H20N6O4S2/c1-13-6-4-8-15(10-13)18-22-17(31-26-18)12-27(3)33(29,30)21-25-24-20(32-21)23-19(28)16-9-5-7-14(2)11-16/h4-11H,12H2,1-3H3,(H,23,24,28). The first kappa shape index (κ1) is 22.7. The van der Waals surface area contributed by atoms with Gasteiger partial charge in [-0.15, -0.1) is 10.2 Å². The first-order valence-electron chi connectivity index (χ1n) is 9.80. The molecule has 10 nitrogen and oxygen atoms in total. The fraction of sp³-hybridized carbons (Fsp3) is 0.190. The van der Waals surface area contributed by atoms with E-state index in [2.05, 4.69) is 25.7 Å². The maximum Gasteiger partial charge on any atom is 0.272 e. The number of hydrogen-bond acceptors (Lipinski definition) is 9. The summed E-state index contributed by atoms with van der Waals surface area (Å²) < 4.78 is 31.8. The van der Waals surface area contributed by atoms with Gasteiger partial charge in [0.05, 0.1) is 6.54 Å². The Hall–Kier alpha value is -3.48. The van der Waals surface area contributed by atoms with E-state index in [1.54, 1.807) is 18.2 Å². The van der Waals surface area contributed by atoms with Gasteiger partial charge in [-0.05, 0) is 32.0 Å². The van der Waals surface area contributed by atoms with Gasteiger partial charge in [-0.2, -0.15) is 9.29 Å². The first-order valence-corrected chi connectivity index (χ1v) is 12.1. The number of hydrogen-bond donors (Lipinski definition) is 1. The molecular formula is C21H20N6O4S2. The van der Waals surface area contributed by atoms with Crippen LogP contribution in [0, 0.1) is 13.8 Å². The van der Waals surface area contributed by atoms with Crippen molar-refractivity contribution in [2.24, 2.45) is 0 Å². The Labute approximate surface area is 194 Å². The van der Waals surface area contributed by atoms with Crippen LogP contribution in [-0.2, 0) is 16.6 Å². The summed E-state index contributed by atoms with van der Waals surface area (Å²) in [5.74, 6) is 0.105. The number of nitrogens with one attached hydrogen (secondary N) is 1. The number of anilines is 1. The van der Waals surface area contributed by atoms with Crippen LogP contribution in [-0.4, -0.2) is 46.0 Å². The molecule has 33 heavy (non-hydrogen) atoms. The van der Waals surface area contributed by atoms with Gasteiger partial charge in [-0.1, -0.05) is 58.0 Å². The molecule has 0 aliphatic carbocycles. The molecule has 2 aromatic carbocycles. The number of aryl methyl sites for hydroxylation is 2. The predicted octanol–water partition coefficient (Wildman–Crippen LogP) is 3.28. The largest absolute Gasteiger partial charge is 0.338 e. The third-order valence-electron chi connectivity index (χ3n) is 4.64.